The third-order valence-electron chi connectivity index (χ3n) is 3.50. The molecule has 2 aliphatic rings. The van der Waals surface area contributed by atoms with E-state index in [1.807, 2.05) is 6.07 Å². The van der Waals surface area contributed by atoms with Gasteiger partial charge in [-0.15, -0.1) is 0 Å². The molecule has 3 heteroatoms. The van der Waals surface area contributed by atoms with Gasteiger partial charge in [-0.3, -0.25) is 0 Å². The second-order valence-corrected chi connectivity index (χ2v) is 4.50. The fourth-order valence-electron chi connectivity index (χ4n) is 2.83. The van der Waals surface area contributed by atoms with Gasteiger partial charge < -0.3 is 15.4 Å². The molecule has 3 rings (SSSR count). The van der Waals surface area contributed by atoms with E-state index in [4.69, 9.17) is 10.5 Å². The van der Waals surface area contributed by atoms with Gasteiger partial charge in [-0.2, -0.15) is 0 Å². The van der Waals surface area contributed by atoms with E-state index in [0.29, 0.717) is 12.1 Å². The lowest BCUT2D eigenvalue weighted by Gasteiger charge is -2.18. The zero-order valence-electron chi connectivity index (χ0n) is 8.94. The normalized spacial score (nSPS) is 27.7. The van der Waals surface area contributed by atoms with Gasteiger partial charge in [0.15, 0.2) is 0 Å². The summed E-state index contributed by atoms with van der Waals surface area (Å²) in [6.07, 6.45) is 2.25. The van der Waals surface area contributed by atoms with Crippen LogP contribution in [0.25, 0.3) is 0 Å². The van der Waals surface area contributed by atoms with E-state index in [0.717, 1.165) is 25.1 Å². The minimum absolute atomic E-state index is 0.352. The predicted octanol–water partition coefficient (Wildman–Crippen LogP) is 1.16. The summed E-state index contributed by atoms with van der Waals surface area (Å²) >= 11 is 0. The lowest BCUT2D eigenvalue weighted by molar-refractivity contribution is 0.414. The summed E-state index contributed by atoms with van der Waals surface area (Å²) < 4.78 is 5.24. The molecule has 2 N–H and O–H groups in total. The number of nitrogens with two attached hydrogens (primary N) is 1. The highest BCUT2D eigenvalue weighted by atomic mass is 16.5. The van der Waals surface area contributed by atoms with Crippen LogP contribution in [0.2, 0.25) is 0 Å². The first kappa shape index (κ1) is 9.04. The van der Waals surface area contributed by atoms with Crippen LogP contribution in [0.4, 0.5) is 5.69 Å². The van der Waals surface area contributed by atoms with Gasteiger partial charge in [-0.05, 0) is 36.6 Å². The molecule has 0 amide bonds. The molecule has 1 aromatic rings. The standard InChI is InChI=1S/C12H16N2O/c1-15-11-2-3-12-8(5-11)4-10-6-9(13)7-14(10)12/h2-3,5,9-10H,4,6-7,13H2,1H3. The van der Waals surface area contributed by atoms with Crippen LogP contribution in [-0.4, -0.2) is 25.7 Å². The van der Waals surface area contributed by atoms with Crippen LogP contribution >= 0.6 is 0 Å². The van der Waals surface area contributed by atoms with Crippen molar-refractivity contribution in [2.24, 2.45) is 5.73 Å². The molecule has 0 radical (unpaired) electrons. The summed E-state index contributed by atoms with van der Waals surface area (Å²) in [5.74, 6) is 0.958. The highest BCUT2D eigenvalue weighted by Gasteiger charge is 2.36. The maximum Gasteiger partial charge on any atom is 0.119 e. The Morgan fingerprint density at radius 1 is 1.47 bits per heavy atom. The first-order chi connectivity index (χ1) is 7.28. The molecular formula is C12H16N2O. The van der Waals surface area contributed by atoms with E-state index >= 15 is 0 Å². The Balaban J connectivity index is 1.96. The summed E-state index contributed by atoms with van der Waals surface area (Å²) in [6.45, 7) is 1.00. The Labute approximate surface area is 89.8 Å². The minimum Gasteiger partial charge on any atom is -0.497 e. The summed E-state index contributed by atoms with van der Waals surface area (Å²) in [5, 5.41) is 0. The van der Waals surface area contributed by atoms with Crippen molar-refractivity contribution >= 4 is 5.69 Å². The van der Waals surface area contributed by atoms with Crippen LogP contribution in [0.5, 0.6) is 5.75 Å². The van der Waals surface area contributed by atoms with Crippen LogP contribution in [-0.2, 0) is 6.42 Å². The number of fused-ring (bicyclic) bond motifs is 3. The van der Waals surface area contributed by atoms with Gasteiger partial charge in [0, 0.05) is 24.3 Å². The topological polar surface area (TPSA) is 38.5 Å². The van der Waals surface area contributed by atoms with Gasteiger partial charge in [0.25, 0.3) is 0 Å². The molecule has 80 valence electrons. The second-order valence-electron chi connectivity index (χ2n) is 4.50. The molecule has 3 nitrogen and oxygen atoms in total. The number of methoxy groups -OCH3 is 1. The Hall–Kier alpha value is -1.22. The Morgan fingerprint density at radius 2 is 2.33 bits per heavy atom. The molecule has 2 atom stereocenters. The third kappa shape index (κ3) is 1.30. The van der Waals surface area contributed by atoms with E-state index in [1.165, 1.54) is 11.3 Å². The molecule has 0 aliphatic carbocycles. The molecule has 15 heavy (non-hydrogen) atoms. The monoisotopic (exact) mass is 204 g/mol. The molecule has 1 fully saturated rings. The molecule has 0 aromatic heterocycles. The van der Waals surface area contributed by atoms with E-state index in [-0.39, 0.29) is 0 Å². The third-order valence-corrected chi connectivity index (χ3v) is 3.50. The smallest absolute Gasteiger partial charge is 0.119 e. The number of nitrogens with zero attached hydrogens (tertiary/aromatic N) is 1. The maximum atomic E-state index is 5.97. The van der Waals surface area contributed by atoms with Gasteiger partial charge in [0.2, 0.25) is 0 Å². The van der Waals surface area contributed by atoms with Gasteiger partial charge in [0.1, 0.15) is 5.75 Å². The zero-order chi connectivity index (χ0) is 10.4. The van der Waals surface area contributed by atoms with Crippen molar-refractivity contribution in [2.45, 2.75) is 24.9 Å². The SMILES string of the molecule is COc1ccc2c(c1)CC1CC(N)CN21. The van der Waals surface area contributed by atoms with Crippen LogP contribution in [0.15, 0.2) is 18.2 Å². The average molecular weight is 204 g/mol. The average Bonchev–Trinajstić information content (AvgIpc) is 2.72. The molecule has 2 unspecified atom stereocenters. The summed E-state index contributed by atoms with van der Waals surface area (Å²) in [5.41, 5.74) is 8.74. The molecule has 1 aromatic carbocycles. The minimum atomic E-state index is 0.352. The second kappa shape index (κ2) is 3.14. The zero-order valence-corrected chi connectivity index (χ0v) is 8.94. The van der Waals surface area contributed by atoms with Crippen LogP contribution in [0.1, 0.15) is 12.0 Å². The van der Waals surface area contributed by atoms with Crippen molar-refractivity contribution in [1.82, 2.24) is 0 Å². The Kier molecular flexibility index (Phi) is 1.89. The molecule has 0 spiro atoms. The highest BCUT2D eigenvalue weighted by molar-refractivity contribution is 5.62. The number of benzene rings is 1. The molecule has 2 heterocycles. The van der Waals surface area contributed by atoms with E-state index < -0.39 is 0 Å². The maximum absolute atomic E-state index is 5.97. The van der Waals surface area contributed by atoms with E-state index in [9.17, 15) is 0 Å². The number of rotatable bonds is 1. The Morgan fingerprint density at radius 3 is 3.13 bits per heavy atom. The number of anilines is 1. The van der Waals surface area contributed by atoms with E-state index in [1.54, 1.807) is 7.11 Å². The first-order valence-electron chi connectivity index (χ1n) is 5.47. The van der Waals surface area contributed by atoms with Gasteiger partial charge >= 0.3 is 0 Å². The molecular weight excluding hydrogens is 188 g/mol. The van der Waals surface area contributed by atoms with Gasteiger partial charge in [0.05, 0.1) is 7.11 Å². The molecule has 0 bridgehead atoms. The molecule has 2 aliphatic heterocycles. The summed E-state index contributed by atoms with van der Waals surface area (Å²) in [4.78, 5) is 2.44. The van der Waals surface area contributed by atoms with Crippen molar-refractivity contribution in [2.75, 3.05) is 18.6 Å². The fraction of sp³-hybridized carbons (Fsp3) is 0.500. The van der Waals surface area contributed by atoms with Gasteiger partial charge in [-0.1, -0.05) is 0 Å². The summed E-state index contributed by atoms with van der Waals surface area (Å²) in [7, 11) is 1.72. The van der Waals surface area contributed by atoms with Crippen molar-refractivity contribution in [3.63, 3.8) is 0 Å². The Bertz CT molecular complexity index is 391. The van der Waals surface area contributed by atoms with Crippen molar-refractivity contribution in [3.8, 4) is 5.75 Å². The van der Waals surface area contributed by atoms with Crippen LogP contribution in [0, 0.1) is 0 Å². The van der Waals surface area contributed by atoms with Crippen LogP contribution in [0.3, 0.4) is 0 Å². The lowest BCUT2D eigenvalue weighted by Crippen LogP contribution is -2.27. The van der Waals surface area contributed by atoms with Gasteiger partial charge in [-0.25, -0.2) is 0 Å². The predicted molar refractivity (Wildman–Crippen MR) is 60.4 cm³/mol. The number of ether oxygens (including phenoxy) is 1. The van der Waals surface area contributed by atoms with Crippen molar-refractivity contribution < 1.29 is 4.74 Å². The van der Waals surface area contributed by atoms with Crippen molar-refractivity contribution in [1.29, 1.82) is 0 Å². The van der Waals surface area contributed by atoms with Crippen LogP contribution < -0.4 is 15.4 Å². The summed E-state index contributed by atoms with van der Waals surface area (Å²) in [6, 6.07) is 7.32. The highest BCUT2D eigenvalue weighted by Crippen LogP contribution is 2.38. The number of hydrogen-bond acceptors (Lipinski definition) is 3. The largest absolute Gasteiger partial charge is 0.497 e. The molecule has 1 saturated heterocycles. The quantitative estimate of drug-likeness (QED) is 0.746. The first-order valence-corrected chi connectivity index (χ1v) is 5.47. The molecule has 0 saturated carbocycles. The number of hydrogen-bond donors (Lipinski definition) is 1. The fourth-order valence-corrected chi connectivity index (χ4v) is 2.83. The lowest BCUT2D eigenvalue weighted by atomic mass is 10.1. The van der Waals surface area contributed by atoms with E-state index in [2.05, 4.69) is 17.0 Å². The van der Waals surface area contributed by atoms with Crippen molar-refractivity contribution in [3.05, 3.63) is 23.8 Å².